The predicted molar refractivity (Wildman–Crippen MR) is 74.2 cm³/mol. The third-order valence-electron chi connectivity index (χ3n) is 2.81. The van der Waals surface area contributed by atoms with Crippen LogP contribution in [0.15, 0.2) is 24.3 Å². The van der Waals surface area contributed by atoms with E-state index in [4.69, 9.17) is 4.74 Å². The van der Waals surface area contributed by atoms with Gasteiger partial charge in [0.25, 0.3) is 0 Å². The first-order chi connectivity index (χ1) is 8.93. The lowest BCUT2D eigenvalue weighted by Crippen LogP contribution is -2.33. The molecule has 0 aliphatic heterocycles. The number of rotatable bonds is 5. The maximum atomic E-state index is 12.4. The molecule has 3 nitrogen and oxygen atoms in total. The smallest absolute Gasteiger partial charge is 0.493 e. The number of hydrogen-bond acceptors (Lipinski definition) is 3. The first-order valence-electron chi connectivity index (χ1n) is 6.08. The highest BCUT2D eigenvalue weighted by Gasteiger charge is 2.28. The molecule has 1 aromatic rings. The topological polar surface area (TPSA) is 43.4 Å². The van der Waals surface area contributed by atoms with E-state index in [1.54, 1.807) is 20.8 Å². The Balaban J connectivity index is 2.60. The van der Waals surface area contributed by atoms with Crippen LogP contribution in [0.2, 0.25) is 0 Å². The molecule has 0 N–H and O–H groups in total. The van der Waals surface area contributed by atoms with Gasteiger partial charge in [-0.25, -0.2) is 8.42 Å². The van der Waals surface area contributed by atoms with Crippen LogP contribution in [0.1, 0.15) is 20.8 Å². The zero-order valence-corrected chi connectivity index (χ0v) is 12.4. The number of ether oxygens (including phenoxy) is 1. The summed E-state index contributed by atoms with van der Waals surface area (Å²) in [6.45, 7) is -0.354. The third kappa shape index (κ3) is 4.43. The van der Waals surface area contributed by atoms with Crippen molar-refractivity contribution >= 4 is 22.3 Å². The zero-order valence-electron chi connectivity index (χ0n) is 11.6. The molecule has 0 unspecified atom stereocenters. The van der Waals surface area contributed by atoms with E-state index in [-0.39, 0.29) is 18.1 Å². The molecule has 0 fully saturated rings. The Morgan fingerprint density at radius 3 is 2.00 bits per heavy atom. The molecule has 0 aliphatic rings. The second-order valence-electron chi connectivity index (χ2n) is 5.42. The highest BCUT2D eigenvalue weighted by atomic mass is 32.2. The van der Waals surface area contributed by atoms with Gasteiger partial charge in [0.05, 0.1) is 10.5 Å². The van der Waals surface area contributed by atoms with Crippen LogP contribution in [0.3, 0.4) is 0 Å². The Morgan fingerprint density at radius 2 is 1.60 bits per heavy atom. The van der Waals surface area contributed by atoms with Gasteiger partial charge in [0.1, 0.15) is 12.4 Å². The highest BCUT2D eigenvalue weighted by Crippen LogP contribution is 2.17. The van der Waals surface area contributed by atoms with Crippen LogP contribution < -0.4 is 10.2 Å². The summed E-state index contributed by atoms with van der Waals surface area (Å²) >= 11 is 0. The highest BCUT2D eigenvalue weighted by molar-refractivity contribution is 7.92. The van der Waals surface area contributed by atoms with Crippen molar-refractivity contribution in [2.75, 3.05) is 12.4 Å². The third-order valence-corrected chi connectivity index (χ3v) is 5.38. The normalized spacial score (nSPS) is 13.3. The van der Waals surface area contributed by atoms with Gasteiger partial charge in [-0.1, -0.05) is 12.1 Å². The Hall–Kier alpha value is -1.18. The van der Waals surface area contributed by atoms with E-state index in [9.17, 15) is 21.4 Å². The van der Waals surface area contributed by atoms with Gasteiger partial charge in [-0.3, -0.25) is 0 Å². The Labute approximate surface area is 117 Å². The first-order valence-corrected chi connectivity index (χ1v) is 7.74. The molecule has 0 heterocycles. The van der Waals surface area contributed by atoms with Crippen molar-refractivity contribution in [1.82, 2.24) is 0 Å². The van der Waals surface area contributed by atoms with E-state index in [1.165, 1.54) is 12.1 Å². The van der Waals surface area contributed by atoms with Crippen LogP contribution in [0, 0.1) is 0 Å². The molecule has 0 aromatic heterocycles. The van der Waals surface area contributed by atoms with Gasteiger partial charge in [0, 0.05) is 0 Å². The van der Waals surface area contributed by atoms with Crippen LogP contribution in [-0.2, 0) is 9.84 Å². The summed E-state index contributed by atoms with van der Waals surface area (Å²) in [5.41, 5.74) is -0.709. The maximum absolute atomic E-state index is 12.4. The molecular weight excluding hydrogens is 292 g/mol. The van der Waals surface area contributed by atoms with Crippen molar-refractivity contribution in [1.29, 1.82) is 0 Å². The summed E-state index contributed by atoms with van der Waals surface area (Å²) in [6, 6.07) is 4.23. The zero-order chi connectivity index (χ0) is 15.6. The van der Waals surface area contributed by atoms with Crippen molar-refractivity contribution < 1.29 is 26.1 Å². The summed E-state index contributed by atoms with van der Waals surface area (Å²) in [5, 5.41) is 0. The average molecular weight is 309 g/mol. The van der Waals surface area contributed by atoms with Gasteiger partial charge < -0.3 is 17.7 Å². The summed E-state index contributed by atoms with van der Waals surface area (Å²) in [5.74, 6) is 0.0412. The fraction of sp³-hybridized carbons (Fsp3) is 0.500. The molecule has 8 heteroatoms. The van der Waals surface area contributed by atoms with Gasteiger partial charge in [-0.15, -0.1) is 5.46 Å². The maximum Gasteiger partial charge on any atom is 0.509 e. The minimum absolute atomic E-state index is 0.0872. The quantitative estimate of drug-likeness (QED) is 0.784. The fourth-order valence-corrected chi connectivity index (χ4v) is 2.27. The van der Waals surface area contributed by atoms with Crippen LogP contribution in [0.4, 0.5) is 12.9 Å². The SMILES string of the molecule is CC(C)(C)S(=O)(=O)CCOc1ccc([B-](F)(F)F)cc1. The van der Waals surface area contributed by atoms with Crippen molar-refractivity contribution in [3.05, 3.63) is 24.3 Å². The standard InChI is InChI=1S/C12H17BF3O3S/c1-12(2,3)20(17,18)9-8-19-11-6-4-10(5-7-11)13(14,15)16/h4-7H,8-9H2,1-3H3/q-1. The van der Waals surface area contributed by atoms with E-state index in [0.29, 0.717) is 0 Å². The minimum Gasteiger partial charge on any atom is -0.493 e. The molecule has 0 spiro atoms. The second kappa shape index (κ2) is 5.67. The van der Waals surface area contributed by atoms with Crippen LogP contribution in [-0.4, -0.2) is 32.5 Å². The number of halogens is 3. The fourth-order valence-electron chi connectivity index (χ4n) is 1.36. The van der Waals surface area contributed by atoms with Crippen LogP contribution in [0.25, 0.3) is 0 Å². The van der Waals surface area contributed by atoms with E-state index in [1.807, 2.05) is 0 Å². The minimum atomic E-state index is -5.02. The van der Waals surface area contributed by atoms with Crippen molar-refractivity contribution in [2.45, 2.75) is 25.5 Å². The summed E-state index contributed by atoms with van der Waals surface area (Å²) in [7, 11) is -3.30. The van der Waals surface area contributed by atoms with Gasteiger partial charge in [-0.05, 0) is 32.9 Å². The molecule has 0 aliphatic carbocycles. The lowest BCUT2D eigenvalue weighted by Gasteiger charge is -2.19. The van der Waals surface area contributed by atoms with E-state index in [2.05, 4.69) is 0 Å². The molecule has 20 heavy (non-hydrogen) atoms. The van der Waals surface area contributed by atoms with Crippen molar-refractivity contribution in [3.8, 4) is 5.75 Å². The molecule has 0 radical (unpaired) electrons. The van der Waals surface area contributed by atoms with E-state index < -0.39 is 27.0 Å². The lowest BCUT2D eigenvalue weighted by molar-refractivity contribution is 0.340. The van der Waals surface area contributed by atoms with Crippen molar-refractivity contribution in [2.24, 2.45) is 0 Å². The van der Waals surface area contributed by atoms with Gasteiger partial charge in [-0.2, -0.15) is 0 Å². The largest absolute Gasteiger partial charge is 0.509 e. The monoisotopic (exact) mass is 309 g/mol. The molecule has 0 bridgehead atoms. The van der Waals surface area contributed by atoms with Crippen molar-refractivity contribution in [3.63, 3.8) is 0 Å². The lowest BCUT2D eigenvalue weighted by atomic mass is 9.80. The van der Waals surface area contributed by atoms with Crippen LogP contribution in [0.5, 0.6) is 5.75 Å². The molecule has 114 valence electrons. The molecule has 1 rings (SSSR count). The summed E-state index contributed by atoms with van der Waals surface area (Å²) in [6.07, 6.45) is 0. The molecular formula is C12H17BF3O3S-. The van der Waals surface area contributed by atoms with Gasteiger partial charge in [0.15, 0.2) is 9.84 Å². The Kier molecular flexibility index (Phi) is 4.79. The number of hydrogen-bond donors (Lipinski definition) is 0. The predicted octanol–water partition coefficient (Wildman–Crippen LogP) is 2.33. The molecule has 0 saturated carbocycles. The number of benzene rings is 1. The molecule has 1 aromatic carbocycles. The molecule has 0 amide bonds. The molecule has 0 saturated heterocycles. The average Bonchev–Trinajstić information content (AvgIpc) is 2.26. The first kappa shape index (κ1) is 16.9. The second-order valence-corrected chi connectivity index (χ2v) is 8.29. The van der Waals surface area contributed by atoms with Gasteiger partial charge in [0.2, 0.25) is 0 Å². The Morgan fingerprint density at radius 1 is 1.10 bits per heavy atom. The number of sulfone groups is 1. The Bertz CT molecular complexity index is 545. The van der Waals surface area contributed by atoms with Gasteiger partial charge >= 0.3 is 6.98 Å². The van der Waals surface area contributed by atoms with E-state index in [0.717, 1.165) is 12.1 Å². The summed E-state index contributed by atoms with van der Waals surface area (Å²) in [4.78, 5) is 0. The molecule has 0 atom stereocenters. The van der Waals surface area contributed by atoms with E-state index >= 15 is 0 Å². The van der Waals surface area contributed by atoms with Crippen LogP contribution >= 0.6 is 0 Å². The summed E-state index contributed by atoms with van der Waals surface area (Å²) < 4.78 is 65.1.